The molecule has 3 rings (SSSR count). The first-order valence-corrected chi connectivity index (χ1v) is 6.06. The SMILES string of the molecule is c1cncc(CN2CCC[C@H]2c2ccn[nH]2)c1. The van der Waals surface area contributed by atoms with E-state index in [0.29, 0.717) is 6.04 Å². The largest absolute Gasteiger partial charge is 0.290 e. The van der Waals surface area contributed by atoms with Gasteiger partial charge >= 0.3 is 0 Å². The first-order chi connectivity index (χ1) is 8.43. The van der Waals surface area contributed by atoms with Crippen LogP contribution in [0.5, 0.6) is 0 Å². The van der Waals surface area contributed by atoms with Gasteiger partial charge in [0.05, 0.1) is 11.7 Å². The highest BCUT2D eigenvalue weighted by molar-refractivity contribution is 5.12. The molecule has 4 nitrogen and oxygen atoms in total. The molecular weight excluding hydrogens is 212 g/mol. The van der Waals surface area contributed by atoms with Gasteiger partial charge in [-0.15, -0.1) is 0 Å². The Morgan fingerprint density at radius 1 is 1.35 bits per heavy atom. The first-order valence-electron chi connectivity index (χ1n) is 6.06. The Morgan fingerprint density at radius 2 is 2.35 bits per heavy atom. The second-order valence-corrected chi connectivity index (χ2v) is 4.50. The molecule has 2 aromatic heterocycles. The number of hydrogen-bond acceptors (Lipinski definition) is 3. The summed E-state index contributed by atoms with van der Waals surface area (Å²) in [5.41, 5.74) is 2.50. The third-order valence-corrected chi connectivity index (χ3v) is 3.35. The second-order valence-electron chi connectivity index (χ2n) is 4.50. The van der Waals surface area contributed by atoms with Crippen molar-refractivity contribution < 1.29 is 0 Å². The molecule has 1 aliphatic heterocycles. The summed E-state index contributed by atoms with van der Waals surface area (Å²) in [7, 11) is 0. The number of aromatic amines is 1. The van der Waals surface area contributed by atoms with Gasteiger partial charge in [-0.1, -0.05) is 6.07 Å². The highest BCUT2D eigenvalue weighted by Gasteiger charge is 2.26. The van der Waals surface area contributed by atoms with E-state index < -0.39 is 0 Å². The minimum Gasteiger partial charge on any atom is -0.290 e. The molecule has 0 aliphatic carbocycles. The van der Waals surface area contributed by atoms with Crippen molar-refractivity contribution in [2.45, 2.75) is 25.4 Å². The molecule has 1 atom stereocenters. The average Bonchev–Trinajstić information content (AvgIpc) is 3.00. The average molecular weight is 228 g/mol. The van der Waals surface area contributed by atoms with E-state index in [-0.39, 0.29) is 0 Å². The van der Waals surface area contributed by atoms with Crippen molar-refractivity contribution in [1.29, 1.82) is 0 Å². The minimum absolute atomic E-state index is 0.484. The van der Waals surface area contributed by atoms with Crippen LogP contribution in [-0.4, -0.2) is 26.6 Å². The van der Waals surface area contributed by atoms with Gasteiger partial charge in [-0.25, -0.2) is 0 Å². The van der Waals surface area contributed by atoms with Crippen LogP contribution in [0.4, 0.5) is 0 Å². The van der Waals surface area contributed by atoms with Gasteiger partial charge in [0.1, 0.15) is 0 Å². The summed E-state index contributed by atoms with van der Waals surface area (Å²) in [6.45, 7) is 2.12. The van der Waals surface area contributed by atoms with Gasteiger partial charge in [0, 0.05) is 25.1 Å². The third kappa shape index (κ3) is 2.22. The van der Waals surface area contributed by atoms with Crippen LogP contribution in [-0.2, 0) is 6.54 Å². The quantitative estimate of drug-likeness (QED) is 0.875. The zero-order valence-electron chi connectivity index (χ0n) is 9.71. The van der Waals surface area contributed by atoms with Crippen LogP contribution in [0.1, 0.15) is 30.1 Å². The number of nitrogens with one attached hydrogen (secondary N) is 1. The topological polar surface area (TPSA) is 44.8 Å². The molecule has 1 saturated heterocycles. The van der Waals surface area contributed by atoms with Crippen LogP contribution in [0, 0.1) is 0 Å². The summed E-state index contributed by atoms with van der Waals surface area (Å²) in [6.07, 6.45) is 8.06. The number of nitrogens with zero attached hydrogens (tertiary/aromatic N) is 3. The fourth-order valence-electron chi connectivity index (χ4n) is 2.55. The van der Waals surface area contributed by atoms with Crippen LogP contribution in [0.15, 0.2) is 36.8 Å². The Labute approximate surface area is 101 Å². The first kappa shape index (κ1) is 10.5. The predicted molar refractivity (Wildman–Crippen MR) is 65.2 cm³/mol. The molecule has 3 heterocycles. The molecule has 0 radical (unpaired) electrons. The Bertz CT molecular complexity index is 452. The Balaban J connectivity index is 1.75. The molecule has 0 bridgehead atoms. The molecule has 2 aromatic rings. The number of likely N-dealkylation sites (tertiary alicyclic amines) is 1. The van der Waals surface area contributed by atoms with Crippen molar-refractivity contribution in [3.05, 3.63) is 48.0 Å². The maximum absolute atomic E-state index is 4.17. The van der Waals surface area contributed by atoms with Crippen molar-refractivity contribution in [3.63, 3.8) is 0 Å². The molecule has 1 N–H and O–H groups in total. The molecule has 0 amide bonds. The number of H-pyrrole nitrogens is 1. The molecule has 1 aliphatic rings. The standard InChI is InChI=1S/C13H16N4/c1-3-11(9-14-6-1)10-17-8-2-4-13(17)12-5-7-15-16-12/h1,3,5-7,9,13H,2,4,8,10H2,(H,15,16)/t13-/m0/s1. The van der Waals surface area contributed by atoms with Gasteiger partial charge in [-0.2, -0.15) is 5.10 Å². The molecule has 17 heavy (non-hydrogen) atoms. The van der Waals surface area contributed by atoms with Crippen LogP contribution >= 0.6 is 0 Å². The summed E-state index contributed by atoms with van der Waals surface area (Å²) < 4.78 is 0. The summed E-state index contributed by atoms with van der Waals surface area (Å²) in [4.78, 5) is 6.66. The van der Waals surface area contributed by atoms with Crippen molar-refractivity contribution in [3.8, 4) is 0 Å². The Hall–Kier alpha value is -1.68. The summed E-state index contributed by atoms with van der Waals surface area (Å²) >= 11 is 0. The smallest absolute Gasteiger partial charge is 0.0523 e. The van der Waals surface area contributed by atoms with E-state index in [1.54, 1.807) is 0 Å². The molecule has 0 unspecified atom stereocenters. The third-order valence-electron chi connectivity index (χ3n) is 3.35. The Kier molecular flexibility index (Phi) is 2.88. The van der Waals surface area contributed by atoms with Crippen LogP contribution < -0.4 is 0 Å². The highest BCUT2D eigenvalue weighted by Crippen LogP contribution is 2.31. The maximum Gasteiger partial charge on any atom is 0.0523 e. The highest BCUT2D eigenvalue weighted by atomic mass is 15.2. The molecule has 0 spiro atoms. The number of rotatable bonds is 3. The van der Waals surface area contributed by atoms with Gasteiger partial charge in [-0.05, 0) is 37.1 Å². The lowest BCUT2D eigenvalue weighted by Gasteiger charge is -2.23. The molecule has 0 aromatic carbocycles. The predicted octanol–water partition coefficient (Wildman–Crippen LogP) is 2.14. The van der Waals surface area contributed by atoms with Crippen molar-refractivity contribution in [1.82, 2.24) is 20.1 Å². The second kappa shape index (κ2) is 4.67. The summed E-state index contributed by atoms with van der Waals surface area (Å²) in [6, 6.07) is 6.69. The lowest BCUT2D eigenvalue weighted by atomic mass is 10.1. The van der Waals surface area contributed by atoms with Gasteiger partial charge in [0.15, 0.2) is 0 Å². The molecular formula is C13H16N4. The zero-order chi connectivity index (χ0) is 11.5. The van der Waals surface area contributed by atoms with Crippen LogP contribution in [0.2, 0.25) is 0 Å². The monoisotopic (exact) mass is 228 g/mol. The normalized spacial score (nSPS) is 20.8. The van der Waals surface area contributed by atoms with E-state index in [0.717, 1.165) is 13.1 Å². The fourth-order valence-corrected chi connectivity index (χ4v) is 2.55. The minimum atomic E-state index is 0.484. The van der Waals surface area contributed by atoms with Gasteiger partial charge in [-0.3, -0.25) is 15.0 Å². The number of pyridine rings is 1. The van der Waals surface area contributed by atoms with E-state index in [2.05, 4.69) is 32.2 Å². The molecule has 1 fully saturated rings. The summed E-state index contributed by atoms with van der Waals surface area (Å²) in [5, 5.41) is 7.13. The van der Waals surface area contributed by atoms with Crippen molar-refractivity contribution >= 4 is 0 Å². The van der Waals surface area contributed by atoms with Crippen molar-refractivity contribution in [2.75, 3.05) is 6.54 Å². The van der Waals surface area contributed by atoms with Crippen molar-refractivity contribution in [2.24, 2.45) is 0 Å². The molecule has 4 heteroatoms. The van der Waals surface area contributed by atoms with E-state index in [1.165, 1.54) is 24.1 Å². The van der Waals surface area contributed by atoms with E-state index in [9.17, 15) is 0 Å². The van der Waals surface area contributed by atoms with E-state index in [1.807, 2.05) is 24.7 Å². The lowest BCUT2D eigenvalue weighted by Crippen LogP contribution is -2.23. The van der Waals surface area contributed by atoms with Gasteiger partial charge in [0.2, 0.25) is 0 Å². The van der Waals surface area contributed by atoms with E-state index in [4.69, 9.17) is 0 Å². The molecule has 88 valence electrons. The maximum atomic E-state index is 4.17. The van der Waals surface area contributed by atoms with E-state index >= 15 is 0 Å². The van der Waals surface area contributed by atoms with Crippen LogP contribution in [0.3, 0.4) is 0 Å². The van der Waals surface area contributed by atoms with Crippen LogP contribution in [0.25, 0.3) is 0 Å². The van der Waals surface area contributed by atoms with Gasteiger partial charge in [0.25, 0.3) is 0 Å². The zero-order valence-corrected chi connectivity index (χ0v) is 9.71. The number of hydrogen-bond donors (Lipinski definition) is 1. The molecule has 0 saturated carbocycles. The fraction of sp³-hybridized carbons (Fsp3) is 0.385. The lowest BCUT2D eigenvalue weighted by molar-refractivity contribution is 0.244. The number of aromatic nitrogens is 3. The van der Waals surface area contributed by atoms with Gasteiger partial charge < -0.3 is 0 Å². The Morgan fingerprint density at radius 3 is 3.12 bits per heavy atom. The summed E-state index contributed by atoms with van der Waals surface area (Å²) in [5.74, 6) is 0.